The molecule has 2 N–H and O–H groups in total. The Hall–Kier alpha value is -0.0400. The van der Waals surface area contributed by atoms with E-state index in [4.69, 9.17) is 5.73 Å². The van der Waals surface area contributed by atoms with Gasteiger partial charge in [-0.15, -0.1) is 0 Å². The number of hydrogen-bond acceptors (Lipinski definition) is 1. The predicted molar refractivity (Wildman–Crippen MR) is 42.7 cm³/mol. The molecular weight excluding hydrogens is 122 g/mol. The number of nitrogens with two attached hydrogens (primary N) is 1. The second kappa shape index (κ2) is 2.54. The highest BCUT2D eigenvalue weighted by molar-refractivity contribution is 4.92. The largest absolute Gasteiger partial charge is 0.327 e. The summed E-state index contributed by atoms with van der Waals surface area (Å²) in [5.74, 6) is 1.94. The normalized spacial score (nSPS) is 47.1. The molecule has 2 rings (SSSR count). The second-order valence-electron chi connectivity index (χ2n) is 3.96. The standard InChI is InChI=1S/C9H17N/c10-9-6-7-4-2-1-3-5-8(7)9/h7-9H,1-6,10H2/t7-,8-,9+/m1/s1. The fourth-order valence-electron chi connectivity index (χ4n) is 2.60. The first kappa shape index (κ1) is 6.66. The molecule has 0 saturated heterocycles. The van der Waals surface area contributed by atoms with Crippen molar-refractivity contribution in [3.05, 3.63) is 0 Å². The monoisotopic (exact) mass is 139 g/mol. The quantitative estimate of drug-likeness (QED) is 0.545. The van der Waals surface area contributed by atoms with Gasteiger partial charge < -0.3 is 5.73 Å². The Labute approximate surface area is 63.0 Å². The Balaban J connectivity index is 1.93. The van der Waals surface area contributed by atoms with Gasteiger partial charge in [-0.3, -0.25) is 0 Å². The second-order valence-corrected chi connectivity index (χ2v) is 3.96. The molecule has 0 amide bonds. The zero-order valence-electron chi connectivity index (χ0n) is 6.55. The van der Waals surface area contributed by atoms with Crippen LogP contribution in [-0.4, -0.2) is 6.04 Å². The van der Waals surface area contributed by atoms with E-state index >= 15 is 0 Å². The molecule has 2 saturated carbocycles. The Morgan fingerprint density at radius 1 is 1.00 bits per heavy atom. The molecule has 0 unspecified atom stereocenters. The van der Waals surface area contributed by atoms with Gasteiger partial charge in [0.1, 0.15) is 0 Å². The lowest BCUT2D eigenvalue weighted by Gasteiger charge is -2.41. The summed E-state index contributed by atoms with van der Waals surface area (Å²) in [7, 11) is 0. The van der Waals surface area contributed by atoms with Crippen LogP contribution in [-0.2, 0) is 0 Å². The summed E-state index contributed by atoms with van der Waals surface area (Å²) in [5.41, 5.74) is 5.90. The average molecular weight is 139 g/mol. The van der Waals surface area contributed by atoms with Crippen molar-refractivity contribution in [2.75, 3.05) is 0 Å². The molecule has 0 bridgehead atoms. The van der Waals surface area contributed by atoms with Gasteiger partial charge in [0.25, 0.3) is 0 Å². The Morgan fingerprint density at radius 2 is 1.80 bits per heavy atom. The molecule has 0 aromatic rings. The summed E-state index contributed by atoms with van der Waals surface area (Å²) in [6.07, 6.45) is 8.58. The molecule has 0 aromatic carbocycles. The van der Waals surface area contributed by atoms with Crippen LogP contribution in [0.3, 0.4) is 0 Å². The average Bonchev–Trinajstić information content (AvgIpc) is 2.09. The summed E-state index contributed by atoms with van der Waals surface area (Å²) in [4.78, 5) is 0. The lowest BCUT2D eigenvalue weighted by Crippen LogP contribution is -2.46. The van der Waals surface area contributed by atoms with E-state index in [0.29, 0.717) is 6.04 Å². The van der Waals surface area contributed by atoms with E-state index in [2.05, 4.69) is 0 Å². The summed E-state index contributed by atoms with van der Waals surface area (Å²) in [6.45, 7) is 0. The molecule has 2 aliphatic carbocycles. The first-order valence-corrected chi connectivity index (χ1v) is 4.63. The van der Waals surface area contributed by atoms with Crippen LogP contribution in [0.2, 0.25) is 0 Å². The van der Waals surface area contributed by atoms with Gasteiger partial charge in [-0.25, -0.2) is 0 Å². The number of rotatable bonds is 0. The first-order valence-electron chi connectivity index (χ1n) is 4.63. The zero-order chi connectivity index (χ0) is 6.97. The van der Waals surface area contributed by atoms with Gasteiger partial charge >= 0.3 is 0 Å². The first-order chi connectivity index (χ1) is 4.88. The van der Waals surface area contributed by atoms with Crippen molar-refractivity contribution in [2.45, 2.75) is 44.6 Å². The minimum atomic E-state index is 0.572. The van der Waals surface area contributed by atoms with Crippen molar-refractivity contribution >= 4 is 0 Å². The lowest BCUT2D eigenvalue weighted by molar-refractivity contribution is 0.126. The number of hydrogen-bond donors (Lipinski definition) is 1. The third-order valence-electron chi connectivity index (χ3n) is 3.34. The molecule has 3 atom stereocenters. The lowest BCUT2D eigenvalue weighted by atomic mass is 9.67. The zero-order valence-corrected chi connectivity index (χ0v) is 6.55. The van der Waals surface area contributed by atoms with E-state index in [1.165, 1.54) is 38.5 Å². The van der Waals surface area contributed by atoms with Crippen molar-refractivity contribution in [3.8, 4) is 0 Å². The molecular formula is C9H17N. The van der Waals surface area contributed by atoms with E-state index < -0.39 is 0 Å². The summed E-state index contributed by atoms with van der Waals surface area (Å²) < 4.78 is 0. The molecule has 0 aromatic heterocycles. The Morgan fingerprint density at radius 3 is 2.60 bits per heavy atom. The van der Waals surface area contributed by atoms with Gasteiger partial charge in [-0.2, -0.15) is 0 Å². The molecule has 0 spiro atoms. The van der Waals surface area contributed by atoms with Crippen molar-refractivity contribution in [1.82, 2.24) is 0 Å². The number of fused-ring (bicyclic) bond motifs is 1. The molecule has 1 heteroatoms. The van der Waals surface area contributed by atoms with Crippen LogP contribution < -0.4 is 5.73 Å². The minimum absolute atomic E-state index is 0.572. The fourth-order valence-corrected chi connectivity index (χ4v) is 2.60. The molecule has 0 aliphatic heterocycles. The van der Waals surface area contributed by atoms with Gasteiger partial charge in [-0.1, -0.05) is 25.7 Å². The van der Waals surface area contributed by atoms with Crippen LogP contribution in [0.5, 0.6) is 0 Å². The molecule has 2 aliphatic rings. The van der Waals surface area contributed by atoms with Crippen molar-refractivity contribution in [2.24, 2.45) is 17.6 Å². The van der Waals surface area contributed by atoms with Crippen LogP contribution >= 0.6 is 0 Å². The van der Waals surface area contributed by atoms with Crippen molar-refractivity contribution in [3.63, 3.8) is 0 Å². The fraction of sp³-hybridized carbons (Fsp3) is 1.00. The Kier molecular flexibility index (Phi) is 1.69. The SMILES string of the molecule is N[C@H]1C[C@H]2CCCCC[C@H]21. The highest BCUT2D eigenvalue weighted by Crippen LogP contribution is 2.42. The maximum atomic E-state index is 5.90. The summed E-state index contributed by atoms with van der Waals surface area (Å²) >= 11 is 0. The van der Waals surface area contributed by atoms with Crippen LogP contribution in [0.1, 0.15) is 38.5 Å². The van der Waals surface area contributed by atoms with E-state index in [0.717, 1.165) is 11.8 Å². The van der Waals surface area contributed by atoms with Gasteiger partial charge in [0.05, 0.1) is 0 Å². The van der Waals surface area contributed by atoms with Gasteiger partial charge in [0, 0.05) is 6.04 Å². The molecule has 0 heterocycles. The molecule has 0 radical (unpaired) electrons. The molecule has 1 nitrogen and oxygen atoms in total. The molecule has 10 heavy (non-hydrogen) atoms. The summed E-state index contributed by atoms with van der Waals surface area (Å²) in [5, 5.41) is 0. The molecule has 58 valence electrons. The minimum Gasteiger partial charge on any atom is -0.327 e. The van der Waals surface area contributed by atoms with Crippen LogP contribution in [0.25, 0.3) is 0 Å². The molecule has 2 fully saturated rings. The highest BCUT2D eigenvalue weighted by atomic mass is 14.7. The van der Waals surface area contributed by atoms with Crippen LogP contribution in [0.15, 0.2) is 0 Å². The van der Waals surface area contributed by atoms with Crippen LogP contribution in [0, 0.1) is 11.8 Å². The van der Waals surface area contributed by atoms with Gasteiger partial charge in [0.15, 0.2) is 0 Å². The highest BCUT2D eigenvalue weighted by Gasteiger charge is 2.38. The van der Waals surface area contributed by atoms with E-state index in [9.17, 15) is 0 Å². The van der Waals surface area contributed by atoms with E-state index in [-0.39, 0.29) is 0 Å². The van der Waals surface area contributed by atoms with Crippen molar-refractivity contribution < 1.29 is 0 Å². The third-order valence-corrected chi connectivity index (χ3v) is 3.34. The third kappa shape index (κ3) is 0.968. The maximum Gasteiger partial charge on any atom is 0.00725 e. The van der Waals surface area contributed by atoms with Crippen LogP contribution in [0.4, 0.5) is 0 Å². The summed E-state index contributed by atoms with van der Waals surface area (Å²) in [6, 6.07) is 0.572. The Bertz CT molecular complexity index is 122. The van der Waals surface area contributed by atoms with Crippen molar-refractivity contribution in [1.29, 1.82) is 0 Å². The van der Waals surface area contributed by atoms with Gasteiger partial charge in [-0.05, 0) is 24.7 Å². The smallest absolute Gasteiger partial charge is 0.00725 e. The van der Waals surface area contributed by atoms with E-state index in [1.807, 2.05) is 0 Å². The van der Waals surface area contributed by atoms with Gasteiger partial charge in [0.2, 0.25) is 0 Å². The maximum absolute atomic E-state index is 5.90. The predicted octanol–water partition coefficient (Wildman–Crippen LogP) is 1.91. The topological polar surface area (TPSA) is 26.0 Å². The van der Waals surface area contributed by atoms with E-state index in [1.54, 1.807) is 0 Å².